The van der Waals surface area contributed by atoms with Gasteiger partial charge in [0.15, 0.2) is 17.3 Å². The third-order valence-corrected chi connectivity index (χ3v) is 15.5. The molecule has 1 aromatic heterocycles. The van der Waals surface area contributed by atoms with Crippen LogP contribution in [-0.2, 0) is 51.2 Å². The van der Waals surface area contributed by atoms with Crippen LogP contribution in [0.1, 0.15) is 195 Å². The molecule has 2 rings (SSSR count). The first kappa shape index (κ1) is 69.2. The molecule has 0 unspecified atom stereocenters. The fraction of sp³-hybridized carbons (Fsp3) is 0.721. The lowest BCUT2D eigenvalue weighted by Crippen LogP contribution is -2.53. The summed E-state index contributed by atoms with van der Waals surface area (Å²) in [5.41, 5.74) is 1.36. The number of carbonyl (C=O) groups is 8. The number of carbonyl (C=O) groups excluding carboxylic acids is 8. The van der Waals surface area contributed by atoms with E-state index in [1.165, 1.54) is 77.4 Å². The normalized spacial score (nSPS) is 14.6. The van der Waals surface area contributed by atoms with Gasteiger partial charge >= 0.3 is 0 Å². The largest absolute Gasteiger partial charge is 0.396 e. The van der Waals surface area contributed by atoms with Crippen LogP contribution in [0.4, 0.5) is 0 Å². The molecule has 0 bridgehead atoms. The molecule has 440 valence electrons. The van der Waals surface area contributed by atoms with Crippen molar-refractivity contribution in [1.29, 1.82) is 0 Å². The van der Waals surface area contributed by atoms with Crippen molar-refractivity contribution < 1.29 is 43.5 Å². The van der Waals surface area contributed by atoms with Crippen LogP contribution < -0.4 is 26.6 Å². The number of unbranched alkanes of at least 4 members (excludes halogenated alkanes) is 12. The molecule has 8 atom stereocenters. The molecule has 0 aliphatic rings. The van der Waals surface area contributed by atoms with Gasteiger partial charge in [-0.05, 0) is 67.4 Å². The Morgan fingerprint density at radius 1 is 0.603 bits per heavy atom. The predicted molar refractivity (Wildman–Crippen MR) is 312 cm³/mol. The van der Waals surface area contributed by atoms with Crippen LogP contribution in [0.2, 0.25) is 0 Å². The standard InChI is InChI=1S/C61H101N7O9S/c1-10-12-13-14-15-16-17-18-19-20-21-22-26-29-57(73)65-53(33-43(5)6)61(77)68-52(37-48-39-63-41-64-48)55(71)36-47(40-69)59(75)66-50(32-42(3)4)56(72)38-49(44(7)11-2)60(76)67-51(34-45-27-24-23-25-28-45)54(70)35-46(30-31-78-9)58(74)62-8/h23-25,27-28,39,41-44,46-47,49-53,69H,10-22,26,29-38,40H2,1-9H3,(H,62,74)(H,63,64)(H,65,73)(H,66,75)(H,67,76)(H,68,77)/t44-,46+,47-,49-,50-,51-,52-,53-/m0/s1. The zero-order valence-corrected chi connectivity index (χ0v) is 49.9. The van der Waals surface area contributed by atoms with Crippen molar-refractivity contribution in [2.24, 2.45) is 35.5 Å². The maximum atomic E-state index is 14.4. The molecule has 0 aliphatic carbocycles. The molecule has 0 aliphatic heterocycles. The van der Waals surface area contributed by atoms with Crippen LogP contribution in [0.5, 0.6) is 0 Å². The number of thioether (sulfide) groups is 1. The van der Waals surface area contributed by atoms with Gasteiger partial charge in [-0.1, -0.05) is 162 Å². The number of ketones is 3. The van der Waals surface area contributed by atoms with Gasteiger partial charge in [0.2, 0.25) is 29.5 Å². The van der Waals surface area contributed by atoms with Crippen LogP contribution in [0.15, 0.2) is 42.9 Å². The number of hydrogen-bond donors (Lipinski definition) is 7. The molecule has 5 amide bonds. The fourth-order valence-corrected chi connectivity index (χ4v) is 10.3. The summed E-state index contributed by atoms with van der Waals surface area (Å²) in [6.07, 6.45) is 21.6. The van der Waals surface area contributed by atoms with Gasteiger partial charge in [0.25, 0.3) is 0 Å². The molecular formula is C61H101N7O9S. The molecule has 1 heterocycles. The summed E-state index contributed by atoms with van der Waals surface area (Å²) >= 11 is 1.57. The molecule has 17 heteroatoms. The van der Waals surface area contributed by atoms with Crippen LogP contribution in [0.25, 0.3) is 0 Å². The molecule has 1 aromatic carbocycles. The van der Waals surface area contributed by atoms with E-state index in [2.05, 4.69) is 43.5 Å². The number of aliphatic hydroxyl groups excluding tert-OH is 1. The number of nitrogens with one attached hydrogen (secondary N) is 6. The highest BCUT2D eigenvalue weighted by Gasteiger charge is 2.36. The molecule has 2 aromatic rings. The number of hydrogen-bond acceptors (Lipinski definition) is 11. The second kappa shape index (κ2) is 40.3. The minimum absolute atomic E-state index is 0.00361. The summed E-state index contributed by atoms with van der Waals surface area (Å²) < 4.78 is 0. The molecular weight excluding hydrogens is 1010 g/mol. The summed E-state index contributed by atoms with van der Waals surface area (Å²) in [6.45, 7) is 12.9. The smallest absolute Gasteiger partial charge is 0.243 e. The predicted octanol–water partition coefficient (Wildman–Crippen LogP) is 8.97. The Bertz CT molecular complexity index is 2050. The summed E-state index contributed by atoms with van der Waals surface area (Å²) in [4.78, 5) is 118. The monoisotopic (exact) mass is 1110 g/mol. The van der Waals surface area contributed by atoms with Crippen molar-refractivity contribution in [2.75, 3.05) is 25.7 Å². The van der Waals surface area contributed by atoms with Crippen LogP contribution >= 0.6 is 11.8 Å². The molecule has 16 nitrogen and oxygen atoms in total. The minimum atomic E-state index is -1.29. The van der Waals surface area contributed by atoms with Gasteiger partial charge in [-0.3, -0.25) is 38.4 Å². The van der Waals surface area contributed by atoms with Gasteiger partial charge in [-0.25, -0.2) is 4.98 Å². The van der Waals surface area contributed by atoms with Gasteiger partial charge in [0.1, 0.15) is 6.04 Å². The number of H-pyrrole nitrogens is 1. The Hall–Kier alpha value is -4.90. The first-order valence-corrected chi connectivity index (χ1v) is 30.9. The van der Waals surface area contributed by atoms with Crippen molar-refractivity contribution in [1.82, 2.24) is 36.6 Å². The Morgan fingerprint density at radius 2 is 1.13 bits per heavy atom. The number of aromatic nitrogens is 2. The highest BCUT2D eigenvalue weighted by molar-refractivity contribution is 7.98. The number of benzene rings is 1. The molecule has 0 saturated carbocycles. The SMILES string of the molecule is CCCCCCCCCCCCCCCC(=O)N[C@@H](CC(C)C)C(=O)N[C@@H](Cc1cnc[nH]1)C(=O)C[C@@H](CO)C(=O)N[C@@H](CC(C)C)C(=O)C[C@H](C(=O)N[C@@H](Cc1ccccc1)C(=O)C[C@@H](CCSC)C(=O)NC)[C@@H](C)CC. The van der Waals surface area contributed by atoms with E-state index in [0.717, 1.165) is 24.8 Å². The maximum Gasteiger partial charge on any atom is 0.243 e. The summed E-state index contributed by atoms with van der Waals surface area (Å²) in [5, 5.41) is 24.8. The van der Waals surface area contributed by atoms with Gasteiger partial charge in [0, 0.05) is 62.9 Å². The van der Waals surface area contributed by atoms with Crippen molar-refractivity contribution >= 4 is 58.6 Å². The summed E-state index contributed by atoms with van der Waals surface area (Å²) in [6, 6.07) is 5.15. The van der Waals surface area contributed by atoms with E-state index in [0.29, 0.717) is 37.1 Å². The topological polar surface area (TPSA) is 246 Å². The number of aliphatic hydroxyl groups is 1. The number of nitrogens with zero attached hydrogens (tertiary/aromatic N) is 1. The van der Waals surface area contributed by atoms with Crippen LogP contribution in [0.3, 0.4) is 0 Å². The lowest BCUT2D eigenvalue weighted by atomic mass is 9.83. The highest BCUT2D eigenvalue weighted by Crippen LogP contribution is 2.24. The van der Waals surface area contributed by atoms with Gasteiger partial charge in [0.05, 0.1) is 37.0 Å². The first-order valence-electron chi connectivity index (χ1n) is 29.5. The molecule has 0 saturated heterocycles. The van der Waals surface area contributed by atoms with E-state index >= 15 is 0 Å². The van der Waals surface area contributed by atoms with E-state index in [4.69, 9.17) is 0 Å². The van der Waals surface area contributed by atoms with E-state index in [-0.39, 0.29) is 73.9 Å². The average Bonchev–Trinajstić information content (AvgIpc) is 3.94. The number of rotatable bonds is 45. The van der Waals surface area contributed by atoms with Crippen molar-refractivity contribution in [3.05, 3.63) is 54.1 Å². The van der Waals surface area contributed by atoms with E-state index in [1.807, 2.05) is 78.1 Å². The quantitative estimate of drug-likeness (QED) is 0.0309. The van der Waals surface area contributed by atoms with E-state index < -0.39 is 84.2 Å². The number of imidazole rings is 1. The lowest BCUT2D eigenvalue weighted by Gasteiger charge is -2.28. The van der Waals surface area contributed by atoms with E-state index in [1.54, 1.807) is 11.8 Å². The molecule has 0 fully saturated rings. The number of amides is 5. The summed E-state index contributed by atoms with van der Waals surface area (Å²) in [5.74, 6) is -5.94. The first-order chi connectivity index (χ1) is 37.4. The third kappa shape index (κ3) is 28.3. The Kier molecular flexibility index (Phi) is 35.8. The summed E-state index contributed by atoms with van der Waals surface area (Å²) in [7, 11) is 1.53. The second-order valence-electron chi connectivity index (χ2n) is 22.5. The van der Waals surface area contributed by atoms with Crippen molar-refractivity contribution in [2.45, 2.75) is 220 Å². The van der Waals surface area contributed by atoms with Crippen LogP contribution in [0, 0.1) is 35.5 Å². The third-order valence-electron chi connectivity index (χ3n) is 14.8. The molecule has 0 radical (unpaired) electrons. The lowest BCUT2D eigenvalue weighted by molar-refractivity contribution is -0.137. The maximum absolute atomic E-state index is 14.4. The number of aromatic amines is 1. The van der Waals surface area contributed by atoms with E-state index in [9.17, 15) is 43.5 Å². The van der Waals surface area contributed by atoms with Gasteiger partial charge in [-0.2, -0.15) is 11.8 Å². The fourth-order valence-electron chi connectivity index (χ4n) is 9.81. The second-order valence-corrected chi connectivity index (χ2v) is 23.5. The zero-order chi connectivity index (χ0) is 57.8. The van der Waals surface area contributed by atoms with Gasteiger partial charge < -0.3 is 36.7 Å². The van der Waals surface area contributed by atoms with Crippen molar-refractivity contribution in [3.8, 4) is 0 Å². The molecule has 78 heavy (non-hydrogen) atoms. The van der Waals surface area contributed by atoms with Crippen molar-refractivity contribution in [3.63, 3.8) is 0 Å². The van der Waals surface area contributed by atoms with Crippen LogP contribution in [-0.4, -0.2) is 112 Å². The zero-order valence-electron chi connectivity index (χ0n) is 49.1. The van der Waals surface area contributed by atoms with Gasteiger partial charge in [-0.15, -0.1) is 0 Å². The average molecular weight is 1110 g/mol. The minimum Gasteiger partial charge on any atom is -0.396 e. The highest BCUT2D eigenvalue weighted by atomic mass is 32.2. The Balaban J connectivity index is 2.21. The molecule has 0 spiro atoms. The Morgan fingerprint density at radius 3 is 1.65 bits per heavy atom. The number of Topliss-reactive ketones (excluding diaryl/α,β-unsaturated/α-hetero) is 3. The Labute approximate surface area is 472 Å². The molecule has 7 N–H and O–H groups in total.